The minimum atomic E-state index is -1.07. The number of methoxy groups -OCH3 is 1. The Hall–Kier alpha value is -4.26. The topological polar surface area (TPSA) is 83.4 Å². The van der Waals surface area contributed by atoms with Gasteiger partial charge in [-0.05, 0) is 37.1 Å². The maximum atomic E-state index is 13.7. The molecule has 2 aliphatic rings. The van der Waals surface area contributed by atoms with Crippen molar-refractivity contribution >= 4 is 34.8 Å². The van der Waals surface area contributed by atoms with Crippen molar-refractivity contribution in [3.05, 3.63) is 94.5 Å². The normalized spacial score (nSPS) is 16.9. The fourth-order valence-electron chi connectivity index (χ4n) is 4.61. The van der Waals surface area contributed by atoms with Crippen molar-refractivity contribution in [2.75, 3.05) is 18.6 Å². The Morgan fingerprint density at radius 1 is 1.11 bits per heavy atom. The summed E-state index contributed by atoms with van der Waals surface area (Å²) in [6.45, 7) is 4.32. The molecule has 0 bridgehead atoms. The zero-order chi connectivity index (χ0) is 24.5. The Morgan fingerprint density at radius 3 is 2.63 bits per heavy atom. The fourth-order valence-corrected chi connectivity index (χ4v) is 4.61. The van der Waals surface area contributed by atoms with Crippen molar-refractivity contribution in [1.29, 1.82) is 0 Å². The number of amides is 2. The summed E-state index contributed by atoms with van der Waals surface area (Å²) in [7, 11) is 1.52. The highest BCUT2D eigenvalue weighted by Gasteiger charge is 2.37. The van der Waals surface area contributed by atoms with Crippen LogP contribution < -0.4 is 10.2 Å². The van der Waals surface area contributed by atoms with Gasteiger partial charge in [0.2, 0.25) is 6.17 Å². The van der Waals surface area contributed by atoms with Gasteiger partial charge in [-0.3, -0.25) is 9.59 Å². The van der Waals surface area contributed by atoms with Crippen LogP contribution in [0.15, 0.2) is 76.7 Å². The number of hydrogen-bond acceptors (Lipinski definition) is 5. The van der Waals surface area contributed by atoms with Crippen molar-refractivity contribution < 1.29 is 14.3 Å². The number of rotatable bonds is 4. The average molecular weight is 467 g/mol. The Balaban J connectivity index is 1.59. The minimum Gasteiger partial charge on any atom is -0.484 e. The molecule has 0 fully saturated rings. The van der Waals surface area contributed by atoms with Crippen LogP contribution in [0.25, 0.3) is 0 Å². The summed E-state index contributed by atoms with van der Waals surface area (Å²) in [4.78, 5) is 38.0. The molecule has 2 amide bonds. The summed E-state index contributed by atoms with van der Waals surface area (Å²) in [6, 6.07) is 20.9. The molecule has 3 aromatic rings. The number of nitrogens with one attached hydrogen (secondary N) is 1. The SMILES string of the molecule is COC(C)=Nc1ccccc1C(=O)N[C@@H]1N=C(c2ccccc2)c2cc(C)cc3c2N(CC3)C1=O. The standard InChI is InChI=1S/C28H26N4O3/c1-17-15-20-13-14-32-25(20)22(16-17)24(19-9-5-4-6-10-19)30-26(28(32)34)31-27(33)21-11-7-8-12-23(21)29-18(2)35-3/h4-12,15-16,26H,13-14H2,1-3H3,(H,31,33)/t26-/m0/s1. The van der Waals surface area contributed by atoms with Gasteiger partial charge in [0.1, 0.15) is 0 Å². The van der Waals surface area contributed by atoms with E-state index >= 15 is 0 Å². The highest BCUT2D eigenvalue weighted by Crippen LogP contribution is 2.37. The molecule has 7 nitrogen and oxygen atoms in total. The van der Waals surface area contributed by atoms with Crippen LogP contribution in [0.1, 0.15) is 39.5 Å². The number of ether oxygens (including phenoxy) is 1. The largest absolute Gasteiger partial charge is 0.484 e. The van der Waals surface area contributed by atoms with E-state index in [1.54, 1.807) is 36.1 Å². The van der Waals surface area contributed by atoms with Crippen LogP contribution in [-0.4, -0.2) is 43.2 Å². The summed E-state index contributed by atoms with van der Waals surface area (Å²) < 4.78 is 5.15. The molecule has 0 saturated heterocycles. The Kier molecular flexibility index (Phi) is 5.91. The highest BCUT2D eigenvalue weighted by molar-refractivity contribution is 6.21. The number of benzene rings is 3. The minimum absolute atomic E-state index is 0.248. The number of nitrogens with zero attached hydrogens (tertiary/aromatic N) is 3. The third-order valence-corrected chi connectivity index (χ3v) is 6.26. The molecule has 0 radical (unpaired) electrons. The summed E-state index contributed by atoms with van der Waals surface area (Å²) >= 11 is 0. The molecule has 35 heavy (non-hydrogen) atoms. The van der Waals surface area contributed by atoms with Gasteiger partial charge in [-0.1, -0.05) is 54.1 Å². The number of aryl methyl sites for hydroxylation is 1. The lowest BCUT2D eigenvalue weighted by molar-refractivity contribution is -0.120. The number of aliphatic imine (C=N–C) groups is 2. The predicted molar refractivity (Wildman–Crippen MR) is 137 cm³/mol. The van der Waals surface area contributed by atoms with Crippen LogP contribution in [0.4, 0.5) is 11.4 Å². The van der Waals surface area contributed by atoms with Gasteiger partial charge in [0.05, 0.1) is 29.8 Å². The van der Waals surface area contributed by atoms with E-state index in [1.807, 2.05) is 37.3 Å². The lowest BCUT2D eigenvalue weighted by atomic mass is 9.96. The first-order chi connectivity index (χ1) is 17.0. The van der Waals surface area contributed by atoms with Gasteiger partial charge in [0.15, 0.2) is 5.90 Å². The maximum Gasteiger partial charge on any atom is 0.272 e. The van der Waals surface area contributed by atoms with Gasteiger partial charge in [-0.2, -0.15) is 0 Å². The zero-order valence-corrected chi connectivity index (χ0v) is 19.9. The predicted octanol–water partition coefficient (Wildman–Crippen LogP) is 4.19. The molecule has 0 spiro atoms. The Labute approximate surface area is 204 Å². The number of anilines is 1. The van der Waals surface area contributed by atoms with E-state index in [0.717, 1.165) is 34.4 Å². The molecular formula is C28H26N4O3. The molecule has 3 aromatic carbocycles. The monoisotopic (exact) mass is 466 g/mol. The fraction of sp³-hybridized carbons (Fsp3) is 0.214. The lowest BCUT2D eigenvalue weighted by Crippen LogP contribution is -2.47. The molecule has 1 atom stereocenters. The number of carbonyl (C=O) groups is 2. The average Bonchev–Trinajstić information content (AvgIpc) is 3.25. The molecule has 0 aliphatic carbocycles. The third-order valence-electron chi connectivity index (χ3n) is 6.26. The summed E-state index contributed by atoms with van der Waals surface area (Å²) in [5.41, 5.74) is 6.42. The number of hydrogen-bond donors (Lipinski definition) is 1. The van der Waals surface area contributed by atoms with Crippen molar-refractivity contribution in [3.63, 3.8) is 0 Å². The van der Waals surface area contributed by atoms with Crippen LogP contribution in [0, 0.1) is 6.92 Å². The van der Waals surface area contributed by atoms with E-state index in [2.05, 4.69) is 22.4 Å². The van der Waals surface area contributed by atoms with Crippen LogP contribution in [-0.2, 0) is 16.0 Å². The van der Waals surface area contributed by atoms with E-state index in [9.17, 15) is 9.59 Å². The first-order valence-electron chi connectivity index (χ1n) is 11.5. The van der Waals surface area contributed by atoms with E-state index < -0.39 is 12.1 Å². The van der Waals surface area contributed by atoms with Gasteiger partial charge in [-0.15, -0.1) is 0 Å². The van der Waals surface area contributed by atoms with Crippen LogP contribution in [0.3, 0.4) is 0 Å². The molecule has 2 aliphatic heterocycles. The number of para-hydroxylation sites is 1. The molecule has 0 unspecified atom stereocenters. The lowest BCUT2D eigenvalue weighted by Gasteiger charge is -2.21. The second-order valence-electron chi connectivity index (χ2n) is 8.63. The van der Waals surface area contributed by atoms with E-state index in [4.69, 9.17) is 9.73 Å². The first-order valence-corrected chi connectivity index (χ1v) is 11.5. The van der Waals surface area contributed by atoms with Gasteiger partial charge in [0.25, 0.3) is 11.8 Å². The van der Waals surface area contributed by atoms with Crippen molar-refractivity contribution in [2.24, 2.45) is 9.98 Å². The first kappa shape index (κ1) is 22.5. The van der Waals surface area contributed by atoms with Crippen LogP contribution in [0.5, 0.6) is 0 Å². The molecule has 176 valence electrons. The molecule has 0 aromatic heterocycles. The zero-order valence-electron chi connectivity index (χ0n) is 19.9. The summed E-state index contributed by atoms with van der Waals surface area (Å²) in [5.74, 6) is -0.248. The quantitative estimate of drug-likeness (QED) is 0.462. The summed E-state index contributed by atoms with van der Waals surface area (Å²) in [5, 5.41) is 2.87. The van der Waals surface area contributed by atoms with Gasteiger partial charge in [-0.25, -0.2) is 9.98 Å². The molecule has 0 saturated carbocycles. The van der Waals surface area contributed by atoms with Crippen molar-refractivity contribution in [3.8, 4) is 0 Å². The second-order valence-corrected chi connectivity index (χ2v) is 8.63. The third kappa shape index (κ3) is 4.21. The smallest absolute Gasteiger partial charge is 0.272 e. The van der Waals surface area contributed by atoms with Crippen LogP contribution in [0.2, 0.25) is 0 Å². The van der Waals surface area contributed by atoms with Crippen LogP contribution >= 0.6 is 0 Å². The molecular weight excluding hydrogens is 440 g/mol. The van der Waals surface area contributed by atoms with Gasteiger partial charge < -0.3 is 15.0 Å². The summed E-state index contributed by atoms with van der Waals surface area (Å²) in [6.07, 6.45) is -0.302. The molecule has 1 N–H and O–H groups in total. The Bertz CT molecular complexity index is 1380. The van der Waals surface area contributed by atoms with Gasteiger partial charge in [0, 0.05) is 24.6 Å². The molecule has 5 rings (SSSR count). The van der Waals surface area contributed by atoms with Crippen molar-refractivity contribution in [1.82, 2.24) is 5.32 Å². The van der Waals surface area contributed by atoms with Crippen molar-refractivity contribution in [2.45, 2.75) is 26.4 Å². The van der Waals surface area contributed by atoms with E-state index in [-0.39, 0.29) is 5.91 Å². The van der Waals surface area contributed by atoms with E-state index in [1.165, 1.54) is 7.11 Å². The highest BCUT2D eigenvalue weighted by atomic mass is 16.5. The van der Waals surface area contributed by atoms with Gasteiger partial charge >= 0.3 is 0 Å². The Morgan fingerprint density at radius 2 is 1.86 bits per heavy atom. The van der Waals surface area contributed by atoms with E-state index in [0.29, 0.717) is 29.4 Å². The molecule has 7 heteroatoms. The maximum absolute atomic E-state index is 13.7. The molecule has 2 heterocycles. The second kappa shape index (κ2) is 9.18. The number of carbonyl (C=O) groups excluding carboxylic acids is 2.